The van der Waals surface area contributed by atoms with Gasteiger partial charge in [-0.05, 0) is 35.9 Å². The van der Waals surface area contributed by atoms with Crippen LogP contribution in [0.15, 0.2) is 70.1 Å². The lowest BCUT2D eigenvalue weighted by molar-refractivity contribution is -0.139. The first-order chi connectivity index (χ1) is 15.3. The molecule has 1 atom stereocenters. The van der Waals surface area contributed by atoms with Gasteiger partial charge >= 0.3 is 5.97 Å². The molecule has 1 unspecified atom stereocenters. The van der Waals surface area contributed by atoms with E-state index in [4.69, 9.17) is 0 Å². The predicted molar refractivity (Wildman–Crippen MR) is 120 cm³/mol. The minimum absolute atomic E-state index is 0.0121. The second kappa shape index (κ2) is 8.67. The quantitative estimate of drug-likeness (QED) is 0.323. The van der Waals surface area contributed by atoms with E-state index < -0.39 is 34.9 Å². The van der Waals surface area contributed by atoms with Crippen molar-refractivity contribution in [3.8, 4) is 11.4 Å². The van der Waals surface area contributed by atoms with Crippen LogP contribution in [0.5, 0.6) is 5.75 Å². The summed E-state index contributed by atoms with van der Waals surface area (Å²) in [5, 5.41) is 27.0. The summed E-state index contributed by atoms with van der Waals surface area (Å²) in [6, 6.07) is 13.6. The fraction of sp³-hybridized carbons (Fsp3) is 0.0909. The van der Waals surface area contributed by atoms with E-state index in [1.165, 1.54) is 0 Å². The number of aliphatic carboxylic acids is 1. The molecular weight excluding hydrogens is 480 g/mol. The Bertz CT molecular complexity index is 1380. The fourth-order valence-corrected chi connectivity index (χ4v) is 3.59. The summed E-state index contributed by atoms with van der Waals surface area (Å²) in [6.45, 7) is 0. The van der Waals surface area contributed by atoms with Crippen LogP contribution in [0.3, 0.4) is 0 Å². The number of para-hydroxylation sites is 1. The minimum Gasteiger partial charge on any atom is -0.505 e. The molecule has 1 amide bonds. The lowest BCUT2D eigenvalue weighted by atomic mass is 10.0. The molecule has 32 heavy (non-hydrogen) atoms. The van der Waals surface area contributed by atoms with Crippen molar-refractivity contribution in [3.63, 3.8) is 0 Å². The highest BCUT2D eigenvalue weighted by molar-refractivity contribution is 9.10. The van der Waals surface area contributed by atoms with E-state index >= 15 is 0 Å². The highest BCUT2D eigenvalue weighted by Crippen LogP contribution is 2.20. The minimum atomic E-state index is -1.28. The summed E-state index contributed by atoms with van der Waals surface area (Å²) >= 11 is 3.30. The Morgan fingerprint density at radius 2 is 1.88 bits per heavy atom. The van der Waals surface area contributed by atoms with E-state index in [0.717, 1.165) is 26.1 Å². The van der Waals surface area contributed by atoms with Gasteiger partial charge in [-0.3, -0.25) is 9.59 Å². The molecule has 0 radical (unpaired) electrons. The highest BCUT2D eigenvalue weighted by Gasteiger charge is 2.25. The summed E-state index contributed by atoms with van der Waals surface area (Å²) in [6.07, 6.45) is 1.70. The van der Waals surface area contributed by atoms with Crippen LogP contribution in [0, 0.1) is 0 Å². The summed E-state index contributed by atoms with van der Waals surface area (Å²) in [5.41, 5.74) is 0.831. The van der Waals surface area contributed by atoms with Crippen LogP contribution >= 0.6 is 15.9 Å². The van der Waals surface area contributed by atoms with E-state index in [1.807, 2.05) is 24.3 Å². The number of aromatic amines is 1. The molecule has 4 N–H and O–H groups in total. The third-order valence-electron chi connectivity index (χ3n) is 4.90. The molecule has 0 saturated carbocycles. The third-order valence-corrected chi connectivity index (χ3v) is 5.43. The van der Waals surface area contributed by atoms with Gasteiger partial charge in [0.05, 0.1) is 5.69 Å². The number of carbonyl (C=O) groups excluding carboxylic acids is 1. The van der Waals surface area contributed by atoms with Gasteiger partial charge in [-0.1, -0.05) is 34.1 Å². The molecule has 0 aliphatic carbocycles. The SMILES string of the molecule is O=C(NC(Cc1c[nH]c2ccccc12)C(=O)O)c1nn(-c2ccc(Br)cc2)c(=O)cc1O. The number of rotatable bonds is 6. The second-order valence-electron chi connectivity index (χ2n) is 7.03. The number of fused-ring (bicyclic) bond motifs is 1. The molecule has 4 aromatic rings. The third kappa shape index (κ3) is 4.26. The van der Waals surface area contributed by atoms with Gasteiger partial charge in [0.15, 0.2) is 11.4 Å². The van der Waals surface area contributed by atoms with E-state index in [2.05, 4.69) is 31.3 Å². The molecule has 9 nitrogen and oxygen atoms in total. The molecule has 0 bridgehead atoms. The largest absolute Gasteiger partial charge is 0.505 e. The van der Waals surface area contributed by atoms with Crippen molar-refractivity contribution in [2.45, 2.75) is 12.5 Å². The van der Waals surface area contributed by atoms with Crippen LogP contribution < -0.4 is 10.9 Å². The van der Waals surface area contributed by atoms with Gasteiger partial charge in [0.2, 0.25) is 0 Å². The molecule has 2 aromatic heterocycles. The number of aromatic hydroxyl groups is 1. The zero-order valence-electron chi connectivity index (χ0n) is 16.4. The van der Waals surface area contributed by atoms with Crippen LogP contribution in [0.1, 0.15) is 16.1 Å². The van der Waals surface area contributed by atoms with Crippen LogP contribution in [-0.4, -0.2) is 42.9 Å². The molecule has 4 rings (SSSR count). The van der Waals surface area contributed by atoms with Crippen molar-refractivity contribution in [2.75, 3.05) is 0 Å². The number of halogens is 1. The van der Waals surface area contributed by atoms with Gasteiger partial charge in [0, 0.05) is 34.1 Å². The van der Waals surface area contributed by atoms with Gasteiger partial charge < -0.3 is 20.5 Å². The maximum atomic E-state index is 12.8. The number of H-pyrrole nitrogens is 1. The predicted octanol–water partition coefficient (Wildman–Crippen LogP) is 2.61. The van der Waals surface area contributed by atoms with Gasteiger partial charge in [0.25, 0.3) is 11.5 Å². The van der Waals surface area contributed by atoms with Gasteiger partial charge in [-0.25, -0.2) is 4.79 Å². The smallest absolute Gasteiger partial charge is 0.326 e. The number of amides is 1. The van der Waals surface area contributed by atoms with E-state index in [9.17, 15) is 24.6 Å². The van der Waals surface area contributed by atoms with Gasteiger partial charge in [-0.2, -0.15) is 9.78 Å². The summed E-state index contributed by atoms with van der Waals surface area (Å²) in [5.74, 6) is -2.80. The molecular formula is C22H17BrN4O5. The van der Waals surface area contributed by atoms with E-state index in [1.54, 1.807) is 30.5 Å². The van der Waals surface area contributed by atoms with Crippen molar-refractivity contribution in [1.29, 1.82) is 0 Å². The molecule has 0 aliphatic heterocycles. The Hall–Kier alpha value is -3.92. The monoisotopic (exact) mass is 496 g/mol. The van der Waals surface area contributed by atoms with Crippen LogP contribution in [-0.2, 0) is 11.2 Å². The Balaban J connectivity index is 1.62. The van der Waals surface area contributed by atoms with E-state index in [-0.39, 0.29) is 6.42 Å². The lowest BCUT2D eigenvalue weighted by Gasteiger charge is -2.15. The normalized spacial score (nSPS) is 11.9. The Morgan fingerprint density at radius 1 is 1.16 bits per heavy atom. The number of carbonyl (C=O) groups is 2. The van der Waals surface area contributed by atoms with Gasteiger partial charge in [-0.15, -0.1) is 0 Å². The number of benzene rings is 2. The van der Waals surface area contributed by atoms with E-state index in [0.29, 0.717) is 11.3 Å². The maximum absolute atomic E-state index is 12.8. The Kier molecular flexibility index (Phi) is 5.78. The zero-order chi connectivity index (χ0) is 22.8. The number of nitrogens with zero attached hydrogens (tertiary/aromatic N) is 2. The average molecular weight is 497 g/mol. The number of carboxylic acids is 1. The number of aromatic nitrogens is 3. The first-order valence-corrected chi connectivity index (χ1v) is 10.3. The number of nitrogens with one attached hydrogen (secondary N) is 2. The summed E-state index contributed by atoms with van der Waals surface area (Å²) in [4.78, 5) is 39.9. The molecule has 162 valence electrons. The Labute approximate surface area is 189 Å². The molecule has 0 aliphatic rings. The lowest BCUT2D eigenvalue weighted by Crippen LogP contribution is -2.43. The summed E-state index contributed by atoms with van der Waals surface area (Å²) in [7, 11) is 0. The fourth-order valence-electron chi connectivity index (χ4n) is 3.32. The maximum Gasteiger partial charge on any atom is 0.326 e. The Morgan fingerprint density at radius 3 is 2.59 bits per heavy atom. The first-order valence-electron chi connectivity index (χ1n) is 9.51. The van der Waals surface area contributed by atoms with Crippen LogP contribution in [0.25, 0.3) is 16.6 Å². The molecule has 0 saturated heterocycles. The van der Waals surface area contributed by atoms with Gasteiger partial charge in [0.1, 0.15) is 6.04 Å². The van der Waals surface area contributed by atoms with Crippen molar-refractivity contribution < 1.29 is 19.8 Å². The number of hydrogen-bond donors (Lipinski definition) is 4. The molecule has 0 spiro atoms. The van der Waals surface area contributed by atoms with Crippen LogP contribution in [0.2, 0.25) is 0 Å². The standard InChI is InChI=1S/C22H17BrN4O5/c23-13-5-7-14(8-6-13)27-19(29)10-18(28)20(26-27)21(30)25-17(22(31)32)9-12-11-24-16-4-2-1-3-15(12)16/h1-8,10-11,17,24,28H,9H2,(H,25,30)(H,31,32). The molecule has 2 heterocycles. The second-order valence-corrected chi connectivity index (χ2v) is 7.95. The average Bonchev–Trinajstić information content (AvgIpc) is 3.17. The van der Waals surface area contributed by atoms with Crippen LogP contribution in [0.4, 0.5) is 0 Å². The van der Waals surface area contributed by atoms with Crippen molar-refractivity contribution in [2.24, 2.45) is 0 Å². The summed E-state index contributed by atoms with van der Waals surface area (Å²) < 4.78 is 1.74. The highest BCUT2D eigenvalue weighted by atomic mass is 79.9. The topological polar surface area (TPSA) is 137 Å². The number of carboxylic acid groups (broad SMARTS) is 1. The molecule has 10 heteroatoms. The van der Waals surface area contributed by atoms with Crippen molar-refractivity contribution in [3.05, 3.63) is 86.9 Å². The number of hydrogen-bond acceptors (Lipinski definition) is 5. The van der Waals surface area contributed by atoms with Crippen molar-refractivity contribution in [1.82, 2.24) is 20.1 Å². The zero-order valence-corrected chi connectivity index (χ0v) is 18.0. The first kappa shape index (κ1) is 21.3. The molecule has 0 fully saturated rings. The van der Waals surface area contributed by atoms with Crippen molar-refractivity contribution >= 4 is 38.7 Å². The molecule has 2 aromatic carbocycles.